The molecule has 2 heteroatoms. The van der Waals surface area contributed by atoms with Crippen LogP contribution in [0.1, 0.15) is 48.0 Å². The van der Waals surface area contributed by atoms with Crippen LogP contribution in [0.25, 0.3) is 0 Å². The summed E-state index contributed by atoms with van der Waals surface area (Å²) in [5.74, 6) is 0.797. The van der Waals surface area contributed by atoms with E-state index in [1.807, 2.05) is 27.7 Å². The lowest BCUT2D eigenvalue weighted by Crippen LogP contribution is -2.29. The molecule has 0 rings (SSSR count). The molecule has 0 spiro atoms. The van der Waals surface area contributed by atoms with Crippen molar-refractivity contribution < 1.29 is 9.47 Å². The predicted octanol–water partition coefficient (Wildman–Crippen LogP) is 3.52. The zero-order chi connectivity index (χ0) is 11.4. The minimum Gasteiger partial charge on any atom is -0.496 e. The van der Waals surface area contributed by atoms with Gasteiger partial charge in [0.05, 0.1) is 23.6 Å². The molecule has 0 unspecified atom stereocenters. The van der Waals surface area contributed by atoms with Crippen LogP contribution in [-0.2, 0) is 9.47 Å². The molecule has 0 aliphatic heterocycles. The van der Waals surface area contributed by atoms with E-state index >= 15 is 0 Å². The summed E-state index contributed by atoms with van der Waals surface area (Å²) in [7, 11) is 0. The highest BCUT2D eigenvalue weighted by molar-refractivity contribution is 4.91. The molecule has 0 aliphatic carbocycles. The van der Waals surface area contributed by atoms with Crippen molar-refractivity contribution in [2.45, 2.75) is 65.8 Å². The lowest BCUT2D eigenvalue weighted by Gasteiger charge is -2.29. The van der Waals surface area contributed by atoms with Crippen molar-refractivity contribution in [1.29, 1.82) is 0 Å². The Morgan fingerprint density at radius 2 is 1.64 bits per heavy atom. The standard InChI is InChI=1S/C12H24O2/c1-9(2)13-11(5)8-12(6,7)14-10(3)4/h9-10H,5,8H2,1-4,6-7H3. The largest absolute Gasteiger partial charge is 0.496 e. The first-order chi connectivity index (χ1) is 6.23. The van der Waals surface area contributed by atoms with Crippen LogP contribution in [0.3, 0.4) is 0 Å². The lowest BCUT2D eigenvalue weighted by molar-refractivity contribution is -0.0635. The monoisotopic (exact) mass is 200 g/mol. The summed E-state index contributed by atoms with van der Waals surface area (Å²) in [4.78, 5) is 0. The van der Waals surface area contributed by atoms with Crippen LogP contribution in [-0.4, -0.2) is 17.8 Å². The highest BCUT2D eigenvalue weighted by atomic mass is 16.5. The van der Waals surface area contributed by atoms with Crippen molar-refractivity contribution in [3.63, 3.8) is 0 Å². The van der Waals surface area contributed by atoms with E-state index in [1.54, 1.807) is 0 Å². The van der Waals surface area contributed by atoms with Gasteiger partial charge in [0, 0.05) is 6.42 Å². The Balaban J connectivity index is 4.01. The quantitative estimate of drug-likeness (QED) is 0.611. The third kappa shape index (κ3) is 6.96. The second-order valence-corrected chi connectivity index (χ2v) is 4.81. The van der Waals surface area contributed by atoms with E-state index < -0.39 is 0 Å². The average molecular weight is 200 g/mol. The average Bonchev–Trinajstić information content (AvgIpc) is 1.77. The third-order valence-electron chi connectivity index (χ3n) is 1.58. The van der Waals surface area contributed by atoms with Crippen LogP contribution in [0.4, 0.5) is 0 Å². The van der Waals surface area contributed by atoms with Gasteiger partial charge in [-0.2, -0.15) is 0 Å². The Labute approximate surface area is 88.3 Å². The molecule has 0 amide bonds. The summed E-state index contributed by atoms with van der Waals surface area (Å²) in [6.45, 7) is 16.1. The van der Waals surface area contributed by atoms with E-state index in [9.17, 15) is 0 Å². The summed E-state index contributed by atoms with van der Waals surface area (Å²) in [5, 5.41) is 0. The summed E-state index contributed by atoms with van der Waals surface area (Å²) in [5.41, 5.74) is -0.194. The van der Waals surface area contributed by atoms with Crippen molar-refractivity contribution >= 4 is 0 Å². The Morgan fingerprint density at radius 3 is 2.00 bits per heavy atom. The van der Waals surface area contributed by atoms with Gasteiger partial charge in [-0.05, 0) is 41.5 Å². The maximum Gasteiger partial charge on any atom is 0.0926 e. The second-order valence-electron chi connectivity index (χ2n) is 4.81. The summed E-state index contributed by atoms with van der Waals surface area (Å²) in [6, 6.07) is 0. The number of hydrogen-bond donors (Lipinski definition) is 0. The Hall–Kier alpha value is -0.500. The molecule has 14 heavy (non-hydrogen) atoms. The SMILES string of the molecule is C=C(CC(C)(C)OC(C)C)OC(C)C. The first kappa shape index (κ1) is 13.5. The van der Waals surface area contributed by atoms with Crippen molar-refractivity contribution in [2.75, 3.05) is 0 Å². The van der Waals surface area contributed by atoms with Gasteiger partial charge in [-0.1, -0.05) is 6.58 Å². The maximum atomic E-state index is 5.75. The molecule has 0 aromatic rings. The van der Waals surface area contributed by atoms with Crippen molar-refractivity contribution in [1.82, 2.24) is 0 Å². The van der Waals surface area contributed by atoms with E-state index in [4.69, 9.17) is 9.47 Å². The summed E-state index contributed by atoms with van der Waals surface area (Å²) < 4.78 is 11.2. The van der Waals surface area contributed by atoms with Gasteiger partial charge in [-0.15, -0.1) is 0 Å². The van der Waals surface area contributed by atoms with E-state index in [2.05, 4.69) is 20.4 Å². The van der Waals surface area contributed by atoms with Gasteiger partial charge in [0.2, 0.25) is 0 Å². The fraction of sp³-hybridized carbons (Fsp3) is 0.833. The molecule has 0 aromatic heterocycles. The van der Waals surface area contributed by atoms with E-state index in [1.165, 1.54) is 0 Å². The maximum absolute atomic E-state index is 5.75. The second kappa shape index (κ2) is 5.40. The molecular weight excluding hydrogens is 176 g/mol. The highest BCUT2D eigenvalue weighted by Crippen LogP contribution is 2.22. The molecule has 0 saturated heterocycles. The minimum atomic E-state index is -0.194. The topological polar surface area (TPSA) is 18.5 Å². The fourth-order valence-electron chi connectivity index (χ4n) is 1.53. The summed E-state index contributed by atoms with van der Waals surface area (Å²) >= 11 is 0. The number of rotatable bonds is 6. The molecule has 0 aliphatic rings. The first-order valence-corrected chi connectivity index (χ1v) is 5.25. The highest BCUT2D eigenvalue weighted by Gasteiger charge is 2.22. The van der Waals surface area contributed by atoms with Crippen LogP contribution in [0.15, 0.2) is 12.3 Å². The van der Waals surface area contributed by atoms with Crippen LogP contribution in [0.2, 0.25) is 0 Å². The van der Waals surface area contributed by atoms with E-state index in [0.717, 1.165) is 12.2 Å². The molecule has 0 bridgehead atoms. The fourth-order valence-corrected chi connectivity index (χ4v) is 1.53. The molecule has 0 aromatic carbocycles. The number of hydrogen-bond acceptors (Lipinski definition) is 2. The van der Waals surface area contributed by atoms with Gasteiger partial charge in [-0.3, -0.25) is 0 Å². The van der Waals surface area contributed by atoms with Gasteiger partial charge in [0.15, 0.2) is 0 Å². The van der Waals surface area contributed by atoms with Crippen molar-refractivity contribution in [2.24, 2.45) is 0 Å². The molecule has 2 nitrogen and oxygen atoms in total. The van der Waals surface area contributed by atoms with Gasteiger partial charge < -0.3 is 9.47 Å². The predicted molar refractivity (Wildman–Crippen MR) is 60.3 cm³/mol. The first-order valence-electron chi connectivity index (χ1n) is 5.25. The van der Waals surface area contributed by atoms with Gasteiger partial charge in [0.1, 0.15) is 0 Å². The normalized spacial score (nSPS) is 12.3. The Bertz CT molecular complexity index is 181. The van der Waals surface area contributed by atoms with Crippen molar-refractivity contribution in [3.8, 4) is 0 Å². The Morgan fingerprint density at radius 1 is 1.14 bits per heavy atom. The lowest BCUT2D eigenvalue weighted by atomic mass is 10.0. The molecule has 84 valence electrons. The molecule has 0 radical (unpaired) electrons. The molecule has 0 N–H and O–H groups in total. The minimum absolute atomic E-state index is 0.192. The van der Waals surface area contributed by atoms with Gasteiger partial charge in [0.25, 0.3) is 0 Å². The van der Waals surface area contributed by atoms with Crippen LogP contribution >= 0.6 is 0 Å². The van der Waals surface area contributed by atoms with Crippen LogP contribution < -0.4 is 0 Å². The molecule has 0 heterocycles. The zero-order valence-corrected chi connectivity index (χ0v) is 10.4. The van der Waals surface area contributed by atoms with Gasteiger partial charge in [-0.25, -0.2) is 0 Å². The Kier molecular flexibility index (Phi) is 5.21. The van der Waals surface area contributed by atoms with Gasteiger partial charge >= 0.3 is 0 Å². The summed E-state index contributed by atoms with van der Waals surface area (Å²) in [6.07, 6.45) is 1.16. The molecule has 0 fully saturated rings. The van der Waals surface area contributed by atoms with Crippen LogP contribution in [0, 0.1) is 0 Å². The van der Waals surface area contributed by atoms with Crippen molar-refractivity contribution in [3.05, 3.63) is 12.3 Å². The van der Waals surface area contributed by atoms with E-state index in [0.29, 0.717) is 0 Å². The smallest absolute Gasteiger partial charge is 0.0926 e. The molecular formula is C12H24O2. The van der Waals surface area contributed by atoms with Crippen LogP contribution in [0.5, 0.6) is 0 Å². The number of ether oxygens (including phenoxy) is 2. The molecule has 0 saturated carbocycles. The molecule has 0 atom stereocenters. The third-order valence-corrected chi connectivity index (χ3v) is 1.58. The zero-order valence-electron chi connectivity index (χ0n) is 10.4. The van der Waals surface area contributed by atoms with E-state index in [-0.39, 0.29) is 17.8 Å².